The Kier molecular flexibility index (Phi) is 4.64. The number of nitrogens with one attached hydrogen (secondary N) is 1. The molecule has 0 saturated heterocycles. The minimum atomic E-state index is -0.449. The van der Waals surface area contributed by atoms with E-state index in [9.17, 15) is 18.8 Å². The first kappa shape index (κ1) is 18.2. The fraction of sp³-hybridized carbons (Fsp3) is 0.200. The number of aromatic nitrogens is 1. The largest absolute Gasteiger partial charge is 0.298 e. The number of anilines is 1. The number of imide groups is 1. The van der Waals surface area contributed by atoms with Crippen molar-refractivity contribution in [3.8, 4) is 0 Å². The quantitative estimate of drug-likeness (QED) is 0.658. The fourth-order valence-electron chi connectivity index (χ4n) is 3.07. The summed E-state index contributed by atoms with van der Waals surface area (Å²) in [4.78, 5) is 42.9. The molecule has 0 saturated carbocycles. The van der Waals surface area contributed by atoms with E-state index in [1.165, 1.54) is 35.2 Å². The first-order valence-corrected chi connectivity index (χ1v) is 9.67. The number of benzene rings is 2. The predicted octanol–water partition coefficient (Wildman–Crippen LogP) is 4.08. The molecule has 142 valence electrons. The molecule has 1 aromatic heterocycles. The van der Waals surface area contributed by atoms with Gasteiger partial charge < -0.3 is 0 Å². The number of carbonyl (C=O) groups is 3. The summed E-state index contributed by atoms with van der Waals surface area (Å²) in [7, 11) is 0. The molecule has 6 nitrogen and oxygen atoms in total. The normalized spacial score (nSPS) is 13.3. The van der Waals surface area contributed by atoms with E-state index < -0.39 is 5.91 Å². The maximum Gasteiger partial charge on any atom is 0.261 e. The van der Waals surface area contributed by atoms with Crippen molar-refractivity contribution in [3.63, 3.8) is 0 Å². The van der Waals surface area contributed by atoms with Gasteiger partial charge in [0.25, 0.3) is 17.7 Å². The van der Waals surface area contributed by atoms with Gasteiger partial charge in [-0.25, -0.2) is 9.37 Å². The number of nitrogens with zero attached hydrogens (tertiary/aromatic N) is 2. The number of fused-ring (bicyclic) bond motifs is 2. The summed E-state index contributed by atoms with van der Waals surface area (Å²) < 4.78 is 13.9. The van der Waals surface area contributed by atoms with Gasteiger partial charge >= 0.3 is 0 Å². The molecular weight excluding hydrogens is 381 g/mol. The van der Waals surface area contributed by atoms with Gasteiger partial charge in [-0.1, -0.05) is 24.7 Å². The Hall–Kier alpha value is -3.13. The van der Waals surface area contributed by atoms with Crippen LogP contribution >= 0.6 is 11.3 Å². The summed E-state index contributed by atoms with van der Waals surface area (Å²) in [6.45, 7) is 2.35. The minimum absolute atomic E-state index is 0.236. The van der Waals surface area contributed by atoms with E-state index >= 15 is 0 Å². The van der Waals surface area contributed by atoms with Crippen LogP contribution in [0.1, 0.15) is 50.8 Å². The van der Waals surface area contributed by atoms with E-state index in [1.807, 2.05) is 6.92 Å². The van der Waals surface area contributed by atoms with Gasteiger partial charge in [0.15, 0.2) is 5.13 Å². The summed E-state index contributed by atoms with van der Waals surface area (Å²) in [6, 6.07) is 8.65. The van der Waals surface area contributed by atoms with Crippen LogP contribution in [-0.4, -0.2) is 34.2 Å². The van der Waals surface area contributed by atoms with Crippen LogP contribution in [0, 0.1) is 5.82 Å². The van der Waals surface area contributed by atoms with Gasteiger partial charge in [0.1, 0.15) is 5.82 Å². The highest BCUT2D eigenvalue weighted by molar-refractivity contribution is 7.22. The van der Waals surface area contributed by atoms with E-state index in [0.717, 1.165) is 24.2 Å². The maximum absolute atomic E-state index is 13.3. The summed E-state index contributed by atoms with van der Waals surface area (Å²) in [5.41, 5.74) is 1.39. The lowest BCUT2D eigenvalue weighted by Gasteiger charge is -2.12. The summed E-state index contributed by atoms with van der Waals surface area (Å²) in [5.74, 6) is -1.52. The third-order valence-corrected chi connectivity index (χ3v) is 5.47. The molecule has 0 atom stereocenters. The Morgan fingerprint density at radius 1 is 1.14 bits per heavy atom. The third-order valence-electron chi connectivity index (χ3n) is 4.54. The molecule has 0 spiro atoms. The predicted molar refractivity (Wildman–Crippen MR) is 104 cm³/mol. The number of amides is 3. The van der Waals surface area contributed by atoms with E-state index in [0.29, 0.717) is 27.5 Å². The second-order valence-corrected chi connectivity index (χ2v) is 7.49. The third kappa shape index (κ3) is 3.16. The summed E-state index contributed by atoms with van der Waals surface area (Å²) in [5, 5.41) is 3.00. The van der Waals surface area contributed by atoms with Crippen molar-refractivity contribution in [1.82, 2.24) is 9.88 Å². The zero-order valence-corrected chi connectivity index (χ0v) is 15.8. The smallest absolute Gasteiger partial charge is 0.261 e. The van der Waals surface area contributed by atoms with Crippen LogP contribution in [0.3, 0.4) is 0 Å². The molecule has 1 aliphatic heterocycles. The molecule has 28 heavy (non-hydrogen) atoms. The Morgan fingerprint density at radius 2 is 1.93 bits per heavy atom. The Balaban J connectivity index is 1.57. The number of rotatable bonds is 5. The highest BCUT2D eigenvalue weighted by Gasteiger charge is 2.35. The molecule has 0 fully saturated rings. The van der Waals surface area contributed by atoms with Gasteiger partial charge in [-0.05, 0) is 42.8 Å². The van der Waals surface area contributed by atoms with Gasteiger partial charge in [-0.15, -0.1) is 0 Å². The van der Waals surface area contributed by atoms with Crippen molar-refractivity contribution in [3.05, 3.63) is 58.9 Å². The first-order chi connectivity index (χ1) is 13.5. The fourth-order valence-corrected chi connectivity index (χ4v) is 3.96. The monoisotopic (exact) mass is 397 g/mol. The van der Waals surface area contributed by atoms with Gasteiger partial charge in [0, 0.05) is 12.1 Å². The standard InChI is InChI=1S/C20H16FN3O3S/c1-2-3-8-24-18(26)13-6-4-11(9-14(13)19(24)27)17(25)23-20-22-15-7-5-12(21)10-16(15)28-20/h4-7,9-10H,2-3,8H2,1H3,(H,22,23,25). The SMILES string of the molecule is CCCCN1C(=O)c2ccc(C(=O)Nc3nc4ccc(F)cc4s3)cc2C1=O. The second-order valence-electron chi connectivity index (χ2n) is 6.46. The van der Waals surface area contributed by atoms with Crippen molar-refractivity contribution < 1.29 is 18.8 Å². The van der Waals surface area contributed by atoms with E-state index in [2.05, 4.69) is 10.3 Å². The average molecular weight is 397 g/mol. The first-order valence-electron chi connectivity index (χ1n) is 8.85. The molecule has 3 aromatic rings. The van der Waals surface area contributed by atoms with Crippen molar-refractivity contribution in [2.75, 3.05) is 11.9 Å². The number of hydrogen-bond donors (Lipinski definition) is 1. The Morgan fingerprint density at radius 3 is 2.71 bits per heavy atom. The van der Waals surface area contributed by atoms with Gasteiger partial charge in [-0.2, -0.15) is 0 Å². The van der Waals surface area contributed by atoms with Crippen molar-refractivity contribution in [2.24, 2.45) is 0 Å². The molecule has 0 unspecified atom stereocenters. The van der Waals surface area contributed by atoms with Gasteiger partial charge in [-0.3, -0.25) is 24.6 Å². The average Bonchev–Trinajstić information content (AvgIpc) is 3.18. The van der Waals surface area contributed by atoms with Crippen LogP contribution in [-0.2, 0) is 0 Å². The Labute approximate surface area is 164 Å². The summed E-state index contributed by atoms with van der Waals surface area (Å²) >= 11 is 1.16. The van der Waals surface area contributed by atoms with Crippen molar-refractivity contribution in [2.45, 2.75) is 19.8 Å². The topological polar surface area (TPSA) is 79.4 Å². The molecule has 8 heteroatoms. The van der Waals surface area contributed by atoms with Gasteiger partial charge in [0.05, 0.1) is 21.3 Å². The molecule has 1 N–H and O–H groups in total. The second kappa shape index (κ2) is 7.12. The number of hydrogen-bond acceptors (Lipinski definition) is 5. The molecule has 1 aliphatic rings. The zero-order valence-electron chi connectivity index (χ0n) is 15.0. The minimum Gasteiger partial charge on any atom is -0.298 e. The van der Waals surface area contributed by atoms with Crippen LogP contribution in [0.4, 0.5) is 9.52 Å². The molecule has 4 rings (SSSR count). The lowest BCUT2D eigenvalue weighted by molar-refractivity contribution is 0.0652. The lowest BCUT2D eigenvalue weighted by Crippen LogP contribution is -2.30. The van der Waals surface area contributed by atoms with E-state index in [1.54, 1.807) is 6.07 Å². The number of thiazole rings is 1. The molecule has 2 aromatic carbocycles. The highest BCUT2D eigenvalue weighted by Crippen LogP contribution is 2.28. The van der Waals surface area contributed by atoms with Crippen LogP contribution in [0.25, 0.3) is 10.2 Å². The summed E-state index contributed by atoms with van der Waals surface area (Å²) in [6.07, 6.45) is 1.60. The lowest BCUT2D eigenvalue weighted by atomic mass is 10.1. The zero-order chi connectivity index (χ0) is 19.8. The number of halogens is 1. The Bertz CT molecular complexity index is 1130. The molecule has 0 aliphatic carbocycles. The van der Waals surface area contributed by atoms with Gasteiger partial charge in [0.2, 0.25) is 0 Å². The molecule has 2 heterocycles. The molecule has 0 bridgehead atoms. The molecule has 3 amide bonds. The van der Waals surface area contributed by atoms with Crippen LogP contribution < -0.4 is 5.32 Å². The van der Waals surface area contributed by atoms with E-state index in [4.69, 9.17) is 0 Å². The van der Waals surface area contributed by atoms with Crippen molar-refractivity contribution >= 4 is 44.4 Å². The van der Waals surface area contributed by atoms with Crippen LogP contribution in [0.15, 0.2) is 36.4 Å². The highest BCUT2D eigenvalue weighted by atomic mass is 32.1. The van der Waals surface area contributed by atoms with E-state index in [-0.39, 0.29) is 28.8 Å². The van der Waals surface area contributed by atoms with Crippen molar-refractivity contribution in [1.29, 1.82) is 0 Å². The number of carbonyl (C=O) groups excluding carboxylic acids is 3. The van der Waals surface area contributed by atoms with Crippen LogP contribution in [0.5, 0.6) is 0 Å². The maximum atomic E-state index is 13.3. The molecular formula is C20H16FN3O3S. The molecule has 0 radical (unpaired) electrons. The number of unbranched alkanes of at least 4 members (excludes halogenated alkanes) is 1. The van der Waals surface area contributed by atoms with Crippen LogP contribution in [0.2, 0.25) is 0 Å².